The van der Waals surface area contributed by atoms with Crippen LogP contribution < -0.4 is 10.1 Å². The number of hydrogen-bond acceptors (Lipinski definition) is 5. The number of benzene rings is 1. The molecule has 112 valence electrons. The molecule has 0 amide bonds. The first-order valence-corrected chi connectivity index (χ1v) is 8.08. The van der Waals surface area contributed by atoms with Gasteiger partial charge in [-0.05, 0) is 18.6 Å². The fraction of sp³-hybridized carbons (Fsp3) is 0.538. The molecule has 0 heterocycles. The zero-order valence-corrected chi connectivity index (χ0v) is 12.6. The van der Waals surface area contributed by atoms with Crippen molar-refractivity contribution in [3.05, 3.63) is 28.3 Å². The SMILES string of the molecule is CCCOc1cccc(NCCS(=O)CC)c1[N+](=O)[O-]. The van der Waals surface area contributed by atoms with Gasteiger partial charge in [0.2, 0.25) is 0 Å². The van der Waals surface area contributed by atoms with Crippen LogP contribution >= 0.6 is 0 Å². The zero-order chi connectivity index (χ0) is 15.0. The number of ether oxygens (including phenoxy) is 1. The van der Waals surface area contributed by atoms with Crippen molar-refractivity contribution in [2.45, 2.75) is 20.3 Å². The maximum absolute atomic E-state index is 11.3. The van der Waals surface area contributed by atoms with Gasteiger partial charge in [0.25, 0.3) is 0 Å². The van der Waals surface area contributed by atoms with E-state index >= 15 is 0 Å². The van der Waals surface area contributed by atoms with E-state index in [9.17, 15) is 14.3 Å². The smallest absolute Gasteiger partial charge is 0.333 e. The monoisotopic (exact) mass is 300 g/mol. The minimum Gasteiger partial charge on any atom is -0.487 e. The maximum Gasteiger partial charge on any atom is 0.333 e. The van der Waals surface area contributed by atoms with Crippen LogP contribution in [0.25, 0.3) is 0 Å². The van der Waals surface area contributed by atoms with E-state index in [2.05, 4.69) is 5.32 Å². The van der Waals surface area contributed by atoms with Crippen molar-refractivity contribution in [1.29, 1.82) is 0 Å². The van der Waals surface area contributed by atoms with Crippen LogP contribution in [0.1, 0.15) is 20.3 Å². The van der Waals surface area contributed by atoms with Crippen LogP contribution in [0, 0.1) is 10.1 Å². The molecule has 1 aromatic rings. The Bertz CT molecular complexity index is 479. The van der Waals surface area contributed by atoms with E-state index in [0.29, 0.717) is 30.3 Å². The van der Waals surface area contributed by atoms with E-state index < -0.39 is 15.7 Å². The molecule has 0 aliphatic heterocycles. The maximum atomic E-state index is 11.3. The standard InChI is InChI=1S/C13H20N2O4S/c1-3-9-19-12-7-5-6-11(13(12)15(16)17)14-8-10-20(18)4-2/h5-7,14H,3-4,8-10H2,1-2H3. The molecular weight excluding hydrogens is 280 g/mol. The summed E-state index contributed by atoms with van der Waals surface area (Å²) < 4.78 is 16.7. The Kier molecular flexibility index (Phi) is 7.00. The number of nitro groups is 1. The lowest BCUT2D eigenvalue weighted by Crippen LogP contribution is -2.13. The molecule has 0 bridgehead atoms. The third-order valence-corrected chi connectivity index (χ3v) is 3.91. The Labute approximate surface area is 121 Å². The van der Waals surface area contributed by atoms with Crippen LogP contribution in [-0.4, -0.2) is 33.8 Å². The molecule has 0 aliphatic carbocycles. The summed E-state index contributed by atoms with van der Waals surface area (Å²) in [5.41, 5.74) is 0.333. The molecule has 0 radical (unpaired) electrons. The molecule has 0 saturated carbocycles. The van der Waals surface area contributed by atoms with Gasteiger partial charge in [-0.1, -0.05) is 19.9 Å². The van der Waals surface area contributed by atoms with E-state index in [4.69, 9.17) is 4.74 Å². The molecule has 0 aromatic heterocycles. The highest BCUT2D eigenvalue weighted by Gasteiger charge is 2.20. The van der Waals surface area contributed by atoms with Crippen molar-refractivity contribution in [3.8, 4) is 5.75 Å². The molecule has 1 rings (SSSR count). The first-order chi connectivity index (χ1) is 9.60. The fourth-order valence-electron chi connectivity index (χ4n) is 1.63. The van der Waals surface area contributed by atoms with Gasteiger partial charge < -0.3 is 10.1 Å². The summed E-state index contributed by atoms with van der Waals surface area (Å²) in [6, 6.07) is 4.92. The highest BCUT2D eigenvalue weighted by molar-refractivity contribution is 7.84. The summed E-state index contributed by atoms with van der Waals surface area (Å²) in [6.07, 6.45) is 0.782. The summed E-state index contributed by atoms with van der Waals surface area (Å²) in [6.45, 7) is 4.65. The largest absolute Gasteiger partial charge is 0.487 e. The van der Waals surface area contributed by atoms with Crippen molar-refractivity contribution >= 4 is 22.2 Å². The van der Waals surface area contributed by atoms with Crippen LogP contribution in [0.15, 0.2) is 18.2 Å². The molecular formula is C13H20N2O4S. The van der Waals surface area contributed by atoms with E-state index in [1.165, 1.54) is 0 Å². The second-order valence-corrected chi connectivity index (χ2v) is 5.98. The van der Waals surface area contributed by atoms with Gasteiger partial charge in [0, 0.05) is 28.9 Å². The lowest BCUT2D eigenvalue weighted by atomic mass is 10.2. The molecule has 0 fully saturated rings. The zero-order valence-electron chi connectivity index (χ0n) is 11.8. The Morgan fingerprint density at radius 3 is 2.75 bits per heavy atom. The minimum absolute atomic E-state index is 0.0665. The summed E-state index contributed by atoms with van der Waals surface area (Å²) >= 11 is 0. The number of rotatable bonds is 9. The summed E-state index contributed by atoms with van der Waals surface area (Å²) in [7, 11) is -0.892. The molecule has 0 aliphatic rings. The van der Waals surface area contributed by atoms with E-state index in [1.54, 1.807) is 18.2 Å². The molecule has 0 spiro atoms. The second kappa shape index (κ2) is 8.52. The van der Waals surface area contributed by atoms with Crippen molar-refractivity contribution < 1.29 is 13.9 Å². The Hall–Kier alpha value is -1.63. The van der Waals surface area contributed by atoms with Crippen molar-refractivity contribution in [3.63, 3.8) is 0 Å². The van der Waals surface area contributed by atoms with Crippen LogP contribution in [0.3, 0.4) is 0 Å². The molecule has 7 heteroatoms. The minimum atomic E-state index is -0.892. The Morgan fingerprint density at radius 2 is 2.15 bits per heavy atom. The average Bonchev–Trinajstić information content (AvgIpc) is 2.44. The first kappa shape index (κ1) is 16.4. The van der Waals surface area contributed by atoms with Crippen LogP contribution in [-0.2, 0) is 10.8 Å². The topological polar surface area (TPSA) is 81.5 Å². The van der Waals surface area contributed by atoms with Gasteiger partial charge in [0.05, 0.1) is 11.5 Å². The van der Waals surface area contributed by atoms with E-state index in [-0.39, 0.29) is 11.4 Å². The number of nitro benzene ring substituents is 1. The predicted octanol–water partition coefficient (Wildman–Crippen LogP) is 2.56. The van der Waals surface area contributed by atoms with Gasteiger partial charge in [0.1, 0.15) is 5.69 Å². The predicted molar refractivity (Wildman–Crippen MR) is 80.9 cm³/mol. The number of nitrogens with zero attached hydrogens (tertiary/aromatic N) is 1. The van der Waals surface area contributed by atoms with Gasteiger partial charge in [-0.2, -0.15) is 0 Å². The van der Waals surface area contributed by atoms with Crippen LogP contribution in [0.5, 0.6) is 5.75 Å². The molecule has 1 aromatic carbocycles. The van der Waals surface area contributed by atoms with Gasteiger partial charge in [-0.15, -0.1) is 0 Å². The molecule has 0 saturated heterocycles. The summed E-state index contributed by atoms with van der Waals surface area (Å²) in [4.78, 5) is 10.7. The lowest BCUT2D eigenvalue weighted by molar-refractivity contribution is -0.385. The van der Waals surface area contributed by atoms with Gasteiger partial charge >= 0.3 is 5.69 Å². The summed E-state index contributed by atoms with van der Waals surface area (Å²) in [5, 5.41) is 14.1. The number of para-hydroxylation sites is 1. The third kappa shape index (κ3) is 4.80. The molecule has 20 heavy (non-hydrogen) atoms. The number of hydrogen-bond donors (Lipinski definition) is 1. The average molecular weight is 300 g/mol. The molecule has 1 unspecified atom stereocenters. The Morgan fingerprint density at radius 1 is 1.40 bits per heavy atom. The second-order valence-electron chi connectivity index (χ2n) is 4.12. The fourth-order valence-corrected chi connectivity index (χ4v) is 2.24. The van der Waals surface area contributed by atoms with Crippen molar-refractivity contribution in [2.24, 2.45) is 0 Å². The normalized spacial score (nSPS) is 11.9. The van der Waals surface area contributed by atoms with Crippen LogP contribution in [0.4, 0.5) is 11.4 Å². The van der Waals surface area contributed by atoms with Crippen molar-refractivity contribution in [2.75, 3.05) is 30.0 Å². The highest BCUT2D eigenvalue weighted by atomic mass is 32.2. The van der Waals surface area contributed by atoms with Gasteiger partial charge in [0.15, 0.2) is 5.75 Å². The molecule has 1 N–H and O–H groups in total. The summed E-state index contributed by atoms with van der Waals surface area (Å²) in [5.74, 6) is 1.32. The quantitative estimate of drug-likeness (QED) is 0.560. The van der Waals surface area contributed by atoms with Crippen LogP contribution in [0.2, 0.25) is 0 Å². The first-order valence-electron chi connectivity index (χ1n) is 6.59. The van der Waals surface area contributed by atoms with E-state index in [0.717, 1.165) is 6.42 Å². The van der Waals surface area contributed by atoms with Crippen molar-refractivity contribution in [1.82, 2.24) is 0 Å². The molecule has 6 nitrogen and oxygen atoms in total. The highest BCUT2D eigenvalue weighted by Crippen LogP contribution is 2.34. The third-order valence-electron chi connectivity index (χ3n) is 2.61. The van der Waals surface area contributed by atoms with Gasteiger partial charge in [-0.3, -0.25) is 14.3 Å². The number of anilines is 1. The Balaban J connectivity index is 2.83. The lowest BCUT2D eigenvalue weighted by Gasteiger charge is -2.10. The van der Waals surface area contributed by atoms with E-state index in [1.807, 2.05) is 13.8 Å². The molecule has 1 atom stereocenters. The van der Waals surface area contributed by atoms with Gasteiger partial charge in [-0.25, -0.2) is 0 Å². The number of nitrogens with one attached hydrogen (secondary N) is 1.